The Morgan fingerprint density at radius 1 is 1.21 bits per heavy atom. The molecule has 1 aromatic rings. The number of benzene rings is 1. The van der Waals surface area contributed by atoms with E-state index in [2.05, 4.69) is 12.2 Å². The van der Waals surface area contributed by atoms with Gasteiger partial charge in [-0.1, -0.05) is 26.2 Å². The molecule has 0 aliphatic carbocycles. The second-order valence-electron chi connectivity index (χ2n) is 4.69. The standard InChI is InChI=1S/C15H21NO3/c1-3-4-5-6-7-14(17)16-13-9-8-12(15(18)19)10-11(13)2/h8-10H,3-7H2,1-2H3,(H,16,17)(H,18,19). The monoisotopic (exact) mass is 263 g/mol. The van der Waals surface area contributed by atoms with E-state index in [-0.39, 0.29) is 11.5 Å². The number of hydrogen-bond acceptors (Lipinski definition) is 2. The minimum Gasteiger partial charge on any atom is -0.478 e. The van der Waals surface area contributed by atoms with E-state index in [1.54, 1.807) is 19.1 Å². The molecule has 0 aromatic heterocycles. The molecule has 0 unspecified atom stereocenters. The minimum absolute atomic E-state index is 0.0118. The number of rotatable bonds is 7. The molecule has 1 rings (SSSR count). The van der Waals surface area contributed by atoms with Gasteiger partial charge in [-0.05, 0) is 37.1 Å². The van der Waals surface area contributed by atoms with Crippen molar-refractivity contribution in [3.8, 4) is 0 Å². The molecular formula is C15H21NO3. The highest BCUT2D eigenvalue weighted by atomic mass is 16.4. The summed E-state index contributed by atoms with van der Waals surface area (Å²) in [7, 11) is 0. The minimum atomic E-state index is -0.958. The van der Waals surface area contributed by atoms with Crippen molar-refractivity contribution in [3.63, 3.8) is 0 Å². The van der Waals surface area contributed by atoms with E-state index in [4.69, 9.17) is 5.11 Å². The van der Waals surface area contributed by atoms with E-state index in [0.717, 1.165) is 31.2 Å². The Morgan fingerprint density at radius 2 is 1.95 bits per heavy atom. The Balaban J connectivity index is 2.52. The van der Waals surface area contributed by atoms with E-state index < -0.39 is 5.97 Å². The van der Waals surface area contributed by atoms with Crippen molar-refractivity contribution >= 4 is 17.6 Å². The Morgan fingerprint density at radius 3 is 2.53 bits per heavy atom. The maximum atomic E-state index is 11.7. The summed E-state index contributed by atoms with van der Waals surface area (Å²) in [5, 5.41) is 11.7. The van der Waals surface area contributed by atoms with Crippen molar-refractivity contribution in [1.29, 1.82) is 0 Å². The molecule has 2 N–H and O–H groups in total. The Labute approximate surface area is 113 Å². The number of amides is 1. The summed E-state index contributed by atoms with van der Waals surface area (Å²) in [4.78, 5) is 22.5. The predicted octanol–water partition coefficient (Wildman–Crippen LogP) is 3.60. The van der Waals surface area contributed by atoms with E-state index in [1.807, 2.05) is 0 Å². The lowest BCUT2D eigenvalue weighted by molar-refractivity contribution is -0.116. The third-order valence-electron chi connectivity index (χ3n) is 3.00. The average molecular weight is 263 g/mol. The van der Waals surface area contributed by atoms with Crippen LogP contribution in [0.3, 0.4) is 0 Å². The molecule has 0 bridgehead atoms. The first-order valence-corrected chi connectivity index (χ1v) is 6.68. The Kier molecular flexibility index (Phi) is 6.06. The number of carboxylic acid groups (broad SMARTS) is 1. The van der Waals surface area contributed by atoms with Crippen LogP contribution in [-0.4, -0.2) is 17.0 Å². The fraction of sp³-hybridized carbons (Fsp3) is 0.467. The van der Waals surface area contributed by atoms with Crippen LogP contribution in [0.2, 0.25) is 0 Å². The molecule has 4 heteroatoms. The Bertz CT molecular complexity index is 455. The number of aryl methyl sites for hydroxylation is 1. The van der Waals surface area contributed by atoms with Gasteiger partial charge in [0.2, 0.25) is 5.91 Å². The van der Waals surface area contributed by atoms with Gasteiger partial charge in [-0.2, -0.15) is 0 Å². The van der Waals surface area contributed by atoms with Crippen LogP contribution in [0.5, 0.6) is 0 Å². The van der Waals surface area contributed by atoms with Crippen molar-refractivity contribution in [2.75, 3.05) is 5.32 Å². The lowest BCUT2D eigenvalue weighted by Crippen LogP contribution is -2.12. The van der Waals surface area contributed by atoms with Crippen LogP contribution in [0.1, 0.15) is 54.9 Å². The van der Waals surface area contributed by atoms with Gasteiger partial charge in [-0.3, -0.25) is 4.79 Å². The summed E-state index contributed by atoms with van der Waals surface area (Å²) >= 11 is 0. The van der Waals surface area contributed by atoms with E-state index in [1.165, 1.54) is 6.07 Å². The van der Waals surface area contributed by atoms with Crippen LogP contribution < -0.4 is 5.32 Å². The third kappa shape index (κ3) is 5.12. The summed E-state index contributed by atoms with van der Waals surface area (Å²) in [6.07, 6.45) is 4.78. The van der Waals surface area contributed by atoms with Gasteiger partial charge in [0.25, 0.3) is 0 Å². The van der Waals surface area contributed by atoms with E-state index in [0.29, 0.717) is 12.1 Å². The molecule has 0 spiro atoms. The van der Waals surface area contributed by atoms with Gasteiger partial charge in [0, 0.05) is 12.1 Å². The molecule has 4 nitrogen and oxygen atoms in total. The highest BCUT2D eigenvalue weighted by Crippen LogP contribution is 2.17. The van der Waals surface area contributed by atoms with Gasteiger partial charge in [-0.15, -0.1) is 0 Å². The zero-order valence-corrected chi connectivity index (χ0v) is 11.5. The summed E-state index contributed by atoms with van der Waals surface area (Å²) in [5.41, 5.74) is 1.69. The van der Waals surface area contributed by atoms with Crippen LogP contribution in [0.4, 0.5) is 5.69 Å². The summed E-state index contributed by atoms with van der Waals surface area (Å²) < 4.78 is 0. The molecule has 0 aliphatic rings. The van der Waals surface area contributed by atoms with Crippen molar-refractivity contribution in [3.05, 3.63) is 29.3 Å². The fourth-order valence-corrected chi connectivity index (χ4v) is 1.86. The quantitative estimate of drug-likeness (QED) is 0.738. The third-order valence-corrected chi connectivity index (χ3v) is 3.00. The molecule has 0 heterocycles. The second-order valence-corrected chi connectivity index (χ2v) is 4.69. The molecule has 0 atom stereocenters. The normalized spacial score (nSPS) is 10.2. The first-order valence-electron chi connectivity index (χ1n) is 6.68. The number of nitrogens with one attached hydrogen (secondary N) is 1. The maximum Gasteiger partial charge on any atom is 0.335 e. The predicted molar refractivity (Wildman–Crippen MR) is 75.5 cm³/mol. The van der Waals surface area contributed by atoms with Gasteiger partial charge in [-0.25, -0.2) is 4.79 Å². The molecule has 1 amide bonds. The number of carbonyl (C=O) groups excluding carboxylic acids is 1. The largest absolute Gasteiger partial charge is 0.478 e. The number of hydrogen-bond donors (Lipinski definition) is 2. The highest BCUT2D eigenvalue weighted by molar-refractivity contribution is 5.93. The molecule has 0 aliphatic heterocycles. The lowest BCUT2D eigenvalue weighted by Gasteiger charge is -2.09. The number of carboxylic acids is 1. The molecule has 19 heavy (non-hydrogen) atoms. The number of anilines is 1. The molecule has 0 saturated heterocycles. The second kappa shape index (κ2) is 7.56. The SMILES string of the molecule is CCCCCCC(=O)Nc1ccc(C(=O)O)cc1C. The first-order chi connectivity index (χ1) is 9.04. The van der Waals surface area contributed by atoms with Gasteiger partial charge in [0.1, 0.15) is 0 Å². The smallest absolute Gasteiger partial charge is 0.335 e. The highest BCUT2D eigenvalue weighted by Gasteiger charge is 2.08. The molecule has 104 valence electrons. The average Bonchev–Trinajstić information content (AvgIpc) is 2.37. The van der Waals surface area contributed by atoms with Crippen molar-refractivity contribution in [1.82, 2.24) is 0 Å². The zero-order chi connectivity index (χ0) is 14.3. The van der Waals surface area contributed by atoms with Crippen LogP contribution in [0, 0.1) is 6.92 Å². The van der Waals surface area contributed by atoms with Crippen LogP contribution in [-0.2, 0) is 4.79 Å². The van der Waals surface area contributed by atoms with Gasteiger partial charge < -0.3 is 10.4 Å². The van der Waals surface area contributed by atoms with Gasteiger partial charge in [0.15, 0.2) is 0 Å². The zero-order valence-electron chi connectivity index (χ0n) is 11.5. The van der Waals surface area contributed by atoms with Crippen molar-refractivity contribution < 1.29 is 14.7 Å². The maximum absolute atomic E-state index is 11.7. The van der Waals surface area contributed by atoms with Crippen LogP contribution in [0.25, 0.3) is 0 Å². The molecule has 0 fully saturated rings. The molecule has 0 saturated carbocycles. The van der Waals surface area contributed by atoms with Crippen LogP contribution >= 0.6 is 0 Å². The molecule has 1 aromatic carbocycles. The van der Waals surface area contributed by atoms with E-state index in [9.17, 15) is 9.59 Å². The Hall–Kier alpha value is -1.84. The first kappa shape index (κ1) is 15.2. The van der Waals surface area contributed by atoms with E-state index >= 15 is 0 Å². The summed E-state index contributed by atoms with van der Waals surface area (Å²) in [6, 6.07) is 4.71. The van der Waals surface area contributed by atoms with Gasteiger partial charge in [0.05, 0.1) is 5.56 Å². The van der Waals surface area contributed by atoms with Crippen molar-refractivity contribution in [2.45, 2.75) is 46.0 Å². The fourth-order valence-electron chi connectivity index (χ4n) is 1.86. The molecule has 0 radical (unpaired) electrons. The topological polar surface area (TPSA) is 66.4 Å². The molecular weight excluding hydrogens is 242 g/mol. The summed E-state index contributed by atoms with van der Waals surface area (Å²) in [5.74, 6) is -0.970. The number of unbranched alkanes of at least 4 members (excludes halogenated alkanes) is 3. The number of aromatic carboxylic acids is 1. The summed E-state index contributed by atoms with van der Waals surface area (Å²) in [6.45, 7) is 3.92. The number of carbonyl (C=O) groups is 2. The van der Waals surface area contributed by atoms with Crippen molar-refractivity contribution in [2.24, 2.45) is 0 Å². The van der Waals surface area contributed by atoms with Crippen LogP contribution in [0.15, 0.2) is 18.2 Å². The lowest BCUT2D eigenvalue weighted by atomic mass is 10.1. The van der Waals surface area contributed by atoms with Gasteiger partial charge >= 0.3 is 5.97 Å².